The van der Waals surface area contributed by atoms with Crippen LogP contribution >= 0.6 is 22.9 Å². The number of carbonyl (C=O) groups excluding carboxylic acids is 1. The van der Waals surface area contributed by atoms with Crippen LogP contribution in [0.15, 0.2) is 24.4 Å². The number of rotatable bonds is 4. The van der Waals surface area contributed by atoms with Gasteiger partial charge in [-0.25, -0.2) is 4.98 Å². The minimum Gasteiger partial charge on any atom is -0.328 e. The van der Waals surface area contributed by atoms with Gasteiger partial charge < -0.3 is 11.1 Å². The number of anilines is 1. The lowest BCUT2D eigenvalue weighted by molar-refractivity contribution is -0.119. The Labute approximate surface area is 145 Å². The van der Waals surface area contributed by atoms with E-state index in [9.17, 15) is 4.79 Å². The van der Waals surface area contributed by atoms with E-state index in [0.717, 1.165) is 46.7 Å². The van der Waals surface area contributed by atoms with Gasteiger partial charge >= 0.3 is 0 Å². The number of nitrogens with zero attached hydrogens (tertiary/aromatic N) is 1. The highest BCUT2D eigenvalue weighted by Gasteiger charge is 2.28. The quantitative estimate of drug-likeness (QED) is 0.883. The molecule has 1 amide bonds. The molecule has 2 unspecified atom stereocenters. The van der Waals surface area contributed by atoms with Crippen molar-refractivity contribution in [3.05, 3.63) is 45.4 Å². The fourth-order valence-corrected chi connectivity index (χ4v) is 3.91. The number of halogens is 1. The number of aryl methyl sites for hydroxylation is 1. The zero-order valence-corrected chi connectivity index (χ0v) is 14.6. The van der Waals surface area contributed by atoms with Crippen LogP contribution in [0.2, 0.25) is 5.02 Å². The van der Waals surface area contributed by atoms with E-state index in [1.54, 1.807) is 0 Å². The van der Waals surface area contributed by atoms with Crippen LogP contribution in [0.4, 0.5) is 5.13 Å². The van der Waals surface area contributed by atoms with Gasteiger partial charge in [0.2, 0.25) is 5.91 Å². The normalized spacial score (nSPS) is 20.7. The van der Waals surface area contributed by atoms with Gasteiger partial charge in [0.05, 0.1) is 0 Å². The zero-order chi connectivity index (χ0) is 16.4. The van der Waals surface area contributed by atoms with E-state index in [2.05, 4.69) is 16.4 Å². The number of thiazole rings is 1. The molecule has 3 rings (SSSR count). The average Bonchev–Trinajstić information content (AvgIpc) is 3.12. The Hall–Kier alpha value is -1.43. The highest BCUT2D eigenvalue weighted by atomic mass is 35.5. The lowest BCUT2D eigenvalue weighted by atomic mass is 10.1. The van der Waals surface area contributed by atoms with Crippen molar-refractivity contribution in [2.75, 3.05) is 5.32 Å². The van der Waals surface area contributed by atoms with Gasteiger partial charge in [-0.1, -0.05) is 23.7 Å². The summed E-state index contributed by atoms with van der Waals surface area (Å²) in [5, 5.41) is 4.35. The number of nitrogens with one attached hydrogen (secondary N) is 1. The largest absolute Gasteiger partial charge is 0.328 e. The number of hydrogen-bond acceptors (Lipinski definition) is 4. The third-order valence-electron chi connectivity index (χ3n) is 4.24. The topological polar surface area (TPSA) is 68.0 Å². The molecule has 2 aromatic rings. The van der Waals surface area contributed by atoms with Gasteiger partial charge in [-0.3, -0.25) is 4.79 Å². The fraction of sp³-hybridized carbons (Fsp3) is 0.412. The molecule has 1 heterocycles. The number of aromatic nitrogens is 1. The lowest BCUT2D eigenvalue weighted by Crippen LogP contribution is -2.23. The van der Waals surface area contributed by atoms with E-state index >= 15 is 0 Å². The molecule has 122 valence electrons. The molecule has 4 nitrogen and oxygen atoms in total. The molecule has 6 heteroatoms. The molecule has 2 atom stereocenters. The third-order valence-corrected chi connectivity index (χ3v) is 5.56. The molecule has 3 N–H and O–H groups in total. The minimum absolute atomic E-state index is 0.0215. The Bertz CT molecular complexity index is 716. The van der Waals surface area contributed by atoms with Crippen LogP contribution in [-0.4, -0.2) is 16.9 Å². The molecule has 23 heavy (non-hydrogen) atoms. The van der Waals surface area contributed by atoms with E-state index in [-0.39, 0.29) is 17.9 Å². The molecule has 1 aliphatic carbocycles. The van der Waals surface area contributed by atoms with Crippen LogP contribution in [0, 0.1) is 12.8 Å². The Morgan fingerprint density at radius 2 is 2.30 bits per heavy atom. The maximum Gasteiger partial charge on any atom is 0.229 e. The lowest BCUT2D eigenvalue weighted by Gasteiger charge is -2.08. The van der Waals surface area contributed by atoms with Crippen molar-refractivity contribution in [3.63, 3.8) is 0 Å². The number of carbonyl (C=O) groups is 1. The summed E-state index contributed by atoms with van der Waals surface area (Å²) in [5.74, 6) is 0.0606. The van der Waals surface area contributed by atoms with Crippen molar-refractivity contribution >= 4 is 34.0 Å². The smallest absolute Gasteiger partial charge is 0.229 e. The van der Waals surface area contributed by atoms with Crippen LogP contribution < -0.4 is 11.1 Å². The van der Waals surface area contributed by atoms with E-state index < -0.39 is 0 Å². The highest BCUT2D eigenvalue weighted by Crippen LogP contribution is 2.27. The molecule has 0 radical (unpaired) electrons. The second kappa shape index (κ2) is 6.99. The summed E-state index contributed by atoms with van der Waals surface area (Å²) in [7, 11) is 0. The van der Waals surface area contributed by atoms with Gasteiger partial charge in [0.25, 0.3) is 0 Å². The van der Waals surface area contributed by atoms with E-state index in [1.807, 2.05) is 25.3 Å². The Balaban J connectivity index is 1.61. The SMILES string of the molecule is Cc1ccc(Cc2cnc(NC(=O)C3CCC(N)C3)s2)cc1Cl. The molecule has 0 aliphatic heterocycles. The minimum atomic E-state index is 0.0215. The Kier molecular flexibility index (Phi) is 4.99. The monoisotopic (exact) mass is 349 g/mol. The van der Waals surface area contributed by atoms with Crippen molar-refractivity contribution in [2.24, 2.45) is 11.7 Å². The zero-order valence-electron chi connectivity index (χ0n) is 13.0. The standard InChI is InChI=1S/C17H20ClN3OS/c1-10-2-3-11(7-15(10)18)6-14-9-20-17(23-14)21-16(22)12-4-5-13(19)8-12/h2-3,7,9,12-13H,4-6,8,19H2,1H3,(H,20,21,22). The van der Waals surface area contributed by atoms with Crippen molar-refractivity contribution in [1.82, 2.24) is 4.98 Å². The van der Waals surface area contributed by atoms with Gasteiger partial charge in [-0.15, -0.1) is 11.3 Å². The summed E-state index contributed by atoms with van der Waals surface area (Å²) >= 11 is 7.67. The van der Waals surface area contributed by atoms with Crippen molar-refractivity contribution in [3.8, 4) is 0 Å². The first-order chi connectivity index (χ1) is 11.0. The number of hydrogen-bond donors (Lipinski definition) is 2. The summed E-state index contributed by atoms with van der Waals surface area (Å²) in [6, 6.07) is 6.22. The average molecular weight is 350 g/mol. The van der Waals surface area contributed by atoms with Crippen LogP contribution in [-0.2, 0) is 11.2 Å². The van der Waals surface area contributed by atoms with Crippen LogP contribution in [0.1, 0.15) is 35.3 Å². The molecule has 0 saturated heterocycles. The second-order valence-electron chi connectivity index (χ2n) is 6.15. The first-order valence-electron chi connectivity index (χ1n) is 7.77. The number of benzene rings is 1. The fourth-order valence-electron chi connectivity index (χ4n) is 2.86. The summed E-state index contributed by atoms with van der Waals surface area (Å²) < 4.78 is 0. The maximum absolute atomic E-state index is 12.2. The van der Waals surface area contributed by atoms with Crippen LogP contribution in [0.5, 0.6) is 0 Å². The summed E-state index contributed by atoms with van der Waals surface area (Å²) in [4.78, 5) is 17.6. The number of amides is 1. The predicted molar refractivity (Wildman–Crippen MR) is 95.1 cm³/mol. The molecule has 0 bridgehead atoms. The van der Waals surface area contributed by atoms with E-state index in [4.69, 9.17) is 17.3 Å². The van der Waals surface area contributed by atoms with E-state index in [1.165, 1.54) is 11.3 Å². The molecular formula is C17H20ClN3OS. The Morgan fingerprint density at radius 1 is 1.48 bits per heavy atom. The van der Waals surface area contributed by atoms with Gasteiger partial charge in [0.1, 0.15) is 0 Å². The molecule has 1 saturated carbocycles. The van der Waals surface area contributed by atoms with Gasteiger partial charge in [0.15, 0.2) is 5.13 Å². The van der Waals surface area contributed by atoms with Gasteiger partial charge in [-0.05, 0) is 43.4 Å². The molecule has 1 aromatic carbocycles. The van der Waals surface area contributed by atoms with Gasteiger partial charge in [-0.2, -0.15) is 0 Å². The molecular weight excluding hydrogens is 330 g/mol. The molecule has 0 spiro atoms. The molecule has 1 aromatic heterocycles. The Morgan fingerprint density at radius 3 is 3.00 bits per heavy atom. The van der Waals surface area contributed by atoms with Crippen molar-refractivity contribution in [2.45, 2.75) is 38.6 Å². The highest BCUT2D eigenvalue weighted by molar-refractivity contribution is 7.15. The van der Waals surface area contributed by atoms with Gasteiger partial charge in [0, 0.05) is 34.5 Å². The first-order valence-corrected chi connectivity index (χ1v) is 8.97. The first kappa shape index (κ1) is 16.4. The van der Waals surface area contributed by atoms with Crippen molar-refractivity contribution in [1.29, 1.82) is 0 Å². The predicted octanol–water partition coefficient (Wildman–Crippen LogP) is 3.76. The second-order valence-corrected chi connectivity index (χ2v) is 7.67. The summed E-state index contributed by atoms with van der Waals surface area (Å²) in [6.45, 7) is 1.99. The van der Waals surface area contributed by atoms with Crippen molar-refractivity contribution < 1.29 is 4.79 Å². The summed E-state index contributed by atoms with van der Waals surface area (Å²) in [6.07, 6.45) is 5.14. The third kappa shape index (κ3) is 4.10. The molecule has 1 fully saturated rings. The van der Waals surface area contributed by atoms with Crippen LogP contribution in [0.3, 0.4) is 0 Å². The molecule has 1 aliphatic rings. The van der Waals surface area contributed by atoms with E-state index in [0.29, 0.717) is 5.13 Å². The van der Waals surface area contributed by atoms with Crippen LogP contribution in [0.25, 0.3) is 0 Å². The maximum atomic E-state index is 12.2. The summed E-state index contributed by atoms with van der Waals surface area (Å²) in [5.41, 5.74) is 8.08. The number of nitrogens with two attached hydrogens (primary N) is 1.